The van der Waals surface area contributed by atoms with Gasteiger partial charge in [0, 0.05) is 36.1 Å². The van der Waals surface area contributed by atoms with Crippen molar-refractivity contribution in [3.63, 3.8) is 0 Å². The fraction of sp³-hybridized carbons (Fsp3) is 0.438. The lowest BCUT2D eigenvalue weighted by atomic mass is 10.1. The molecule has 1 N–H and O–H groups in total. The van der Waals surface area contributed by atoms with E-state index in [2.05, 4.69) is 60.9 Å². The fourth-order valence-corrected chi connectivity index (χ4v) is 2.03. The monoisotopic (exact) mass is 257 g/mol. The van der Waals surface area contributed by atoms with Crippen molar-refractivity contribution in [1.29, 1.82) is 0 Å². The molecule has 0 saturated carbocycles. The maximum atomic E-state index is 4.49. The summed E-state index contributed by atoms with van der Waals surface area (Å²) in [6.45, 7) is 9.70. The van der Waals surface area contributed by atoms with Crippen LogP contribution in [0.5, 0.6) is 0 Å². The second-order valence-corrected chi connectivity index (χ2v) is 6.00. The molecule has 0 bridgehead atoms. The quantitative estimate of drug-likeness (QED) is 0.908. The molecule has 0 spiro atoms. The molecule has 0 radical (unpaired) electrons. The summed E-state index contributed by atoms with van der Waals surface area (Å²) in [6.07, 6.45) is 3.92. The summed E-state index contributed by atoms with van der Waals surface area (Å²) < 4.78 is 2.23. The first-order chi connectivity index (χ1) is 8.97. The lowest BCUT2D eigenvalue weighted by molar-refractivity contribution is 0.380. The molecule has 3 heteroatoms. The molecule has 0 aliphatic heterocycles. The Bertz CT molecular complexity index is 508. The number of aromatic nitrogens is 2. The van der Waals surface area contributed by atoms with Gasteiger partial charge >= 0.3 is 0 Å². The molecule has 19 heavy (non-hydrogen) atoms. The van der Waals surface area contributed by atoms with Crippen LogP contribution < -0.4 is 5.32 Å². The number of rotatable bonds is 4. The summed E-state index contributed by atoms with van der Waals surface area (Å²) in [6, 6.07) is 10.7. The van der Waals surface area contributed by atoms with E-state index in [4.69, 9.17) is 0 Å². The van der Waals surface area contributed by atoms with Gasteiger partial charge in [0.25, 0.3) is 0 Å². The van der Waals surface area contributed by atoms with E-state index < -0.39 is 0 Å². The van der Waals surface area contributed by atoms with Crippen molar-refractivity contribution < 1.29 is 0 Å². The highest BCUT2D eigenvalue weighted by Gasteiger charge is 2.14. The highest BCUT2D eigenvalue weighted by molar-refractivity contribution is 5.55. The number of nitrogens with one attached hydrogen (secondary N) is 1. The molecule has 3 nitrogen and oxygen atoms in total. The number of hydrogen-bond donors (Lipinski definition) is 1. The zero-order chi connectivity index (χ0) is 13.9. The Morgan fingerprint density at radius 3 is 2.53 bits per heavy atom. The molecule has 0 saturated heterocycles. The predicted octanol–water partition coefficient (Wildman–Crippen LogP) is 3.50. The average Bonchev–Trinajstić information content (AvgIpc) is 2.85. The summed E-state index contributed by atoms with van der Waals surface area (Å²) in [5.41, 5.74) is 1.30. The third-order valence-corrected chi connectivity index (χ3v) is 3.10. The number of hydrogen-bond acceptors (Lipinski definition) is 2. The van der Waals surface area contributed by atoms with Gasteiger partial charge in [-0.1, -0.05) is 30.3 Å². The Morgan fingerprint density at radius 2 is 1.89 bits per heavy atom. The van der Waals surface area contributed by atoms with E-state index in [-0.39, 0.29) is 5.54 Å². The summed E-state index contributed by atoms with van der Waals surface area (Å²) in [5.74, 6) is 1.03. The number of nitrogens with zero attached hydrogens (tertiary/aromatic N) is 2. The minimum absolute atomic E-state index is 0.141. The molecular weight excluding hydrogens is 234 g/mol. The summed E-state index contributed by atoms with van der Waals surface area (Å²) >= 11 is 0. The highest BCUT2D eigenvalue weighted by atomic mass is 15.1. The zero-order valence-corrected chi connectivity index (χ0v) is 12.2. The lowest BCUT2D eigenvalue weighted by Crippen LogP contribution is -2.39. The number of imidazole rings is 1. The first-order valence-corrected chi connectivity index (χ1v) is 6.80. The average molecular weight is 257 g/mol. The van der Waals surface area contributed by atoms with Crippen LogP contribution in [0.1, 0.15) is 33.7 Å². The Kier molecular flexibility index (Phi) is 4.05. The van der Waals surface area contributed by atoms with Gasteiger partial charge in [-0.3, -0.25) is 0 Å². The molecule has 2 rings (SSSR count). The van der Waals surface area contributed by atoms with Gasteiger partial charge in [-0.25, -0.2) is 4.98 Å². The van der Waals surface area contributed by atoms with Crippen molar-refractivity contribution >= 4 is 0 Å². The molecule has 0 amide bonds. The molecule has 1 unspecified atom stereocenters. The molecule has 2 aromatic rings. The summed E-state index contributed by atoms with van der Waals surface area (Å²) in [4.78, 5) is 4.49. The van der Waals surface area contributed by atoms with Gasteiger partial charge in [-0.05, 0) is 27.7 Å². The maximum absolute atomic E-state index is 4.49. The molecular formula is C16H23N3. The van der Waals surface area contributed by atoms with Crippen molar-refractivity contribution in [2.75, 3.05) is 6.54 Å². The molecule has 102 valence electrons. The van der Waals surface area contributed by atoms with Gasteiger partial charge in [0.15, 0.2) is 0 Å². The van der Waals surface area contributed by atoms with Crippen LogP contribution in [-0.2, 0) is 0 Å². The van der Waals surface area contributed by atoms with Crippen LogP contribution in [0.4, 0.5) is 0 Å². The Balaban J connectivity index is 2.16. The van der Waals surface area contributed by atoms with Crippen LogP contribution in [0.3, 0.4) is 0 Å². The van der Waals surface area contributed by atoms with Crippen LogP contribution >= 0.6 is 0 Å². The van der Waals surface area contributed by atoms with E-state index >= 15 is 0 Å². The second kappa shape index (κ2) is 5.57. The minimum atomic E-state index is 0.141. The van der Waals surface area contributed by atoms with Crippen LogP contribution in [0, 0.1) is 0 Å². The molecule has 0 aliphatic carbocycles. The van der Waals surface area contributed by atoms with Crippen molar-refractivity contribution in [2.24, 2.45) is 0 Å². The Labute approximate surface area is 115 Å². The first kappa shape index (κ1) is 13.8. The first-order valence-electron chi connectivity index (χ1n) is 6.80. The maximum Gasteiger partial charge on any atom is 0.140 e. The predicted molar refractivity (Wildman–Crippen MR) is 80.1 cm³/mol. The lowest BCUT2D eigenvalue weighted by Gasteiger charge is -2.25. The third-order valence-electron chi connectivity index (χ3n) is 3.10. The van der Waals surface area contributed by atoms with Gasteiger partial charge in [-0.15, -0.1) is 0 Å². The summed E-state index contributed by atoms with van der Waals surface area (Å²) in [5, 5.41) is 3.54. The van der Waals surface area contributed by atoms with E-state index in [1.54, 1.807) is 0 Å². The molecule has 0 fully saturated rings. The second-order valence-electron chi connectivity index (χ2n) is 6.00. The van der Waals surface area contributed by atoms with E-state index in [1.165, 1.54) is 0 Å². The third kappa shape index (κ3) is 3.67. The van der Waals surface area contributed by atoms with Crippen LogP contribution in [0.2, 0.25) is 0 Å². The van der Waals surface area contributed by atoms with Gasteiger partial charge < -0.3 is 9.88 Å². The van der Waals surface area contributed by atoms with E-state index in [0.29, 0.717) is 6.04 Å². The standard InChI is InChI=1S/C16H23N3/c1-13(12-18-16(2,3)4)19-11-10-17-15(19)14-8-6-5-7-9-14/h5-11,13,18H,12H2,1-4H3. The summed E-state index contributed by atoms with van der Waals surface area (Å²) in [7, 11) is 0. The fourth-order valence-electron chi connectivity index (χ4n) is 2.03. The normalized spacial score (nSPS) is 13.5. The van der Waals surface area contributed by atoms with Crippen molar-refractivity contribution in [3.05, 3.63) is 42.7 Å². The zero-order valence-electron chi connectivity index (χ0n) is 12.2. The van der Waals surface area contributed by atoms with Crippen LogP contribution in [-0.4, -0.2) is 21.6 Å². The Hall–Kier alpha value is -1.61. The Morgan fingerprint density at radius 1 is 1.21 bits per heavy atom. The smallest absolute Gasteiger partial charge is 0.140 e. The van der Waals surface area contributed by atoms with Gasteiger partial charge in [0.1, 0.15) is 5.82 Å². The van der Waals surface area contributed by atoms with Crippen molar-refractivity contribution in [1.82, 2.24) is 14.9 Å². The molecule has 1 atom stereocenters. The van der Waals surface area contributed by atoms with Gasteiger partial charge in [0.05, 0.1) is 0 Å². The van der Waals surface area contributed by atoms with Gasteiger partial charge in [-0.2, -0.15) is 0 Å². The van der Waals surface area contributed by atoms with E-state index in [9.17, 15) is 0 Å². The largest absolute Gasteiger partial charge is 0.327 e. The van der Waals surface area contributed by atoms with Crippen LogP contribution in [0.15, 0.2) is 42.7 Å². The van der Waals surface area contributed by atoms with E-state index in [0.717, 1.165) is 17.9 Å². The minimum Gasteiger partial charge on any atom is -0.327 e. The molecule has 0 aliphatic rings. The van der Waals surface area contributed by atoms with Gasteiger partial charge in [0.2, 0.25) is 0 Å². The number of benzene rings is 1. The molecule has 1 heterocycles. The van der Waals surface area contributed by atoms with Crippen molar-refractivity contribution in [3.8, 4) is 11.4 Å². The molecule has 1 aromatic heterocycles. The van der Waals surface area contributed by atoms with Crippen LogP contribution in [0.25, 0.3) is 11.4 Å². The van der Waals surface area contributed by atoms with E-state index in [1.807, 2.05) is 24.4 Å². The van der Waals surface area contributed by atoms with Crippen molar-refractivity contribution in [2.45, 2.75) is 39.3 Å². The topological polar surface area (TPSA) is 29.9 Å². The highest BCUT2D eigenvalue weighted by Crippen LogP contribution is 2.20. The molecule has 1 aromatic carbocycles. The SMILES string of the molecule is CC(CNC(C)(C)C)n1ccnc1-c1ccccc1.